The highest BCUT2D eigenvalue weighted by Crippen LogP contribution is 2.32. The van der Waals surface area contributed by atoms with Gasteiger partial charge in [0.1, 0.15) is 0 Å². The van der Waals surface area contributed by atoms with Crippen molar-refractivity contribution < 1.29 is 8.42 Å². The zero-order chi connectivity index (χ0) is 14.1. The van der Waals surface area contributed by atoms with Crippen molar-refractivity contribution in [1.29, 1.82) is 0 Å². The second-order valence-corrected chi connectivity index (χ2v) is 10.0. The van der Waals surface area contributed by atoms with E-state index in [1.807, 2.05) is 11.8 Å². The monoisotopic (exact) mass is 326 g/mol. The highest BCUT2D eigenvalue weighted by molar-refractivity contribution is 8.00. The molecule has 0 bridgehead atoms. The molecule has 0 spiro atoms. The molecule has 0 aliphatic carbocycles. The molecule has 7 heteroatoms. The van der Waals surface area contributed by atoms with E-state index in [2.05, 4.69) is 13.8 Å². The van der Waals surface area contributed by atoms with Gasteiger partial charge in [-0.05, 0) is 32.6 Å². The molecule has 1 atom stereocenters. The lowest BCUT2D eigenvalue weighted by atomic mass is 10.0. The van der Waals surface area contributed by atoms with E-state index in [0.29, 0.717) is 38.0 Å². The molecule has 0 aromatic heterocycles. The van der Waals surface area contributed by atoms with Gasteiger partial charge in [0.15, 0.2) is 0 Å². The van der Waals surface area contributed by atoms with Crippen LogP contribution in [0.1, 0.15) is 26.7 Å². The molecule has 0 aromatic carbocycles. The van der Waals surface area contributed by atoms with Crippen LogP contribution in [-0.2, 0) is 10.2 Å². The zero-order valence-corrected chi connectivity index (χ0v) is 14.0. The van der Waals surface area contributed by atoms with Crippen molar-refractivity contribution in [3.8, 4) is 0 Å². The normalized spacial score (nSPS) is 30.4. The van der Waals surface area contributed by atoms with E-state index in [0.717, 1.165) is 18.6 Å². The van der Waals surface area contributed by atoms with Crippen LogP contribution in [0.2, 0.25) is 0 Å². The van der Waals surface area contributed by atoms with Crippen molar-refractivity contribution in [2.24, 2.45) is 5.92 Å². The molecular formula is C12H23ClN2O2S2. The van der Waals surface area contributed by atoms with Crippen LogP contribution >= 0.6 is 23.4 Å². The Balaban J connectivity index is 2.08. The molecule has 0 N–H and O–H groups in total. The van der Waals surface area contributed by atoms with Gasteiger partial charge in [0.25, 0.3) is 10.2 Å². The second-order valence-electron chi connectivity index (χ2n) is 5.97. The molecule has 2 fully saturated rings. The minimum atomic E-state index is -3.30. The second kappa shape index (κ2) is 6.10. The van der Waals surface area contributed by atoms with Gasteiger partial charge in [0.2, 0.25) is 0 Å². The molecule has 0 radical (unpaired) electrons. The summed E-state index contributed by atoms with van der Waals surface area (Å²) in [6.45, 7) is 6.66. The van der Waals surface area contributed by atoms with Gasteiger partial charge in [-0.3, -0.25) is 0 Å². The first-order valence-electron chi connectivity index (χ1n) is 6.80. The van der Waals surface area contributed by atoms with Crippen LogP contribution in [0, 0.1) is 5.92 Å². The summed E-state index contributed by atoms with van der Waals surface area (Å²) in [4.78, 5) is 0. The van der Waals surface area contributed by atoms with Gasteiger partial charge in [-0.25, -0.2) is 0 Å². The lowest BCUT2D eigenvalue weighted by molar-refractivity contribution is 0.256. The molecule has 2 aliphatic rings. The first kappa shape index (κ1) is 15.9. The Morgan fingerprint density at radius 3 is 2.68 bits per heavy atom. The highest BCUT2D eigenvalue weighted by atomic mass is 35.5. The average molecular weight is 327 g/mol. The molecule has 0 saturated carbocycles. The van der Waals surface area contributed by atoms with Gasteiger partial charge in [0, 0.05) is 42.6 Å². The lowest BCUT2D eigenvalue weighted by Crippen LogP contribution is -2.53. The Kier molecular flexibility index (Phi) is 5.10. The summed E-state index contributed by atoms with van der Waals surface area (Å²) in [5.74, 6) is 1.73. The van der Waals surface area contributed by atoms with Gasteiger partial charge in [0.05, 0.1) is 0 Å². The fourth-order valence-corrected chi connectivity index (χ4v) is 6.15. The molecule has 4 nitrogen and oxygen atoms in total. The maximum absolute atomic E-state index is 12.7. The molecule has 1 unspecified atom stereocenters. The van der Waals surface area contributed by atoms with Crippen LogP contribution < -0.4 is 0 Å². The molecule has 19 heavy (non-hydrogen) atoms. The number of thioether (sulfide) groups is 1. The van der Waals surface area contributed by atoms with Crippen LogP contribution in [0.25, 0.3) is 0 Å². The fraction of sp³-hybridized carbons (Fsp3) is 1.00. The van der Waals surface area contributed by atoms with Gasteiger partial charge in [-0.1, -0.05) is 0 Å². The van der Waals surface area contributed by atoms with E-state index in [4.69, 9.17) is 11.6 Å². The van der Waals surface area contributed by atoms with Gasteiger partial charge in [-0.2, -0.15) is 28.8 Å². The smallest absolute Gasteiger partial charge is 0.195 e. The van der Waals surface area contributed by atoms with Crippen molar-refractivity contribution >= 4 is 33.6 Å². The number of rotatable bonds is 3. The standard InChI is InChI=1S/C12H23ClN2O2S2/c1-12(2)10-15(6-7-18-12)19(16,17)14-5-3-4-11(8-13)9-14/h11H,3-10H2,1-2H3. The minimum absolute atomic E-state index is 0.00694. The van der Waals surface area contributed by atoms with Crippen molar-refractivity contribution in [3.05, 3.63) is 0 Å². The van der Waals surface area contributed by atoms with E-state index in [9.17, 15) is 8.42 Å². The van der Waals surface area contributed by atoms with Crippen molar-refractivity contribution in [1.82, 2.24) is 8.61 Å². The SMILES string of the molecule is CC1(C)CN(S(=O)(=O)N2CCCC(CCl)C2)CCS1. The van der Waals surface area contributed by atoms with Crippen molar-refractivity contribution in [3.63, 3.8) is 0 Å². The Morgan fingerprint density at radius 1 is 1.32 bits per heavy atom. The fourth-order valence-electron chi connectivity index (χ4n) is 2.70. The summed E-state index contributed by atoms with van der Waals surface area (Å²) in [6.07, 6.45) is 1.96. The van der Waals surface area contributed by atoms with Crippen LogP contribution in [-0.4, -0.2) is 59.6 Å². The number of piperidine rings is 1. The average Bonchev–Trinajstić information content (AvgIpc) is 2.37. The van der Waals surface area contributed by atoms with Crippen molar-refractivity contribution in [2.75, 3.05) is 37.8 Å². The predicted octanol–water partition coefficient (Wildman–Crippen LogP) is 2.01. The Morgan fingerprint density at radius 2 is 2.05 bits per heavy atom. The van der Waals surface area contributed by atoms with E-state index in [-0.39, 0.29) is 4.75 Å². The number of hydrogen-bond donors (Lipinski definition) is 0. The summed E-state index contributed by atoms with van der Waals surface area (Å²) in [5, 5.41) is 0. The van der Waals surface area contributed by atoms with Crippen molar-refractivity contribution in [2.45, 2.75) is 31.4 Å². The quantitative estimate of drug-likeness (QED) is 0.745. The third-order valence-electron chi connectivity index (χ3n) is 3.74. The minimum Gasteiger partial charge on any atom is -0.195 e. The first-order valence-corrected chi connectivity index (χ1v) is 9.72. The Labute approximate surface area is 126 Å². The van der Waals surface area contributed by atoms with Gasteiger partial charge < -0.3 is 0 Å². The van der Waals surface area contributed by atoms with Crippen LogP contribution in [0.5, 0.6) is 0 Å². The number of hydrogen-bond acceptors (Lipinski definition) is 3. The molecule has 0 amide bonds. The molecule has 2 aliphatic heterocycles. The molecular weight excluding hydrogens is 304 g/mol. The van der Waals surface area contributed by atoms with E-state index < -0.39 is 10.2 Å². The lowest BCUT2D eigenvalue weighted by Gasteiger charge is -2.40. The van der Waals surface area contributed by atoms with Crippen LogP contribution in [0.15, 0.2) is 0 Å². The predicted molar refractivity (Wildman–Crippen MR) is 82.0 cm³/mol. The summed E-state index contributed by atoms with van der Waals surface area (Å²) in [7, 11) is -3.30. The topological polar surface area (TPSA) is 40.6 Å². The maximum atomic E-state index is 12.7. The van der Waals surface area contributed by atoms with E-state index in [1.165, 1.54) is 0 Å². The third-order valence-corrected chi connectivity index (χ3v) is 7.43. The van der Waals surface area contributed by atoms with Crippen LogP contribution in [0.4, 0.5) is 0 Å². The molecule has 2 saturated heterocycles. The van der Waals surface area contributed by atoms with Gasteiger partial charge >= 0.3 is 0 Å². The highest BCUT2D eigenvalue weighted by Gasteiger charge is 2.38. The zero-order valence-electron chi connectivity index (χ0n) is 11.6. The third kappa shape index (κ3) is 3.79. The summed E-state index contributed by atoms with van der Waals surface area (Å²) in [6, 6.07) is 0. The first-order chi connectivity index (χ1) is 8.85. The summed E-state index contributed by atoms with van der Waals surface area (Å²) < 4.78 is 28.7. The molecule has 0 aromatic rings. The summed E-state index contributed by atoms with van der Waals surface area (Å²) >= 11 is 7.73. The van der Waals surface area contributed by atoms with E-state index >= 15 is 0 Å². The number of nitrogens with zero attached hydrogens (tertiary/aromatic N) is 2. The van der Waals surface area contributed by atoms with Crippen LogP contribution in [0.3, 0.4) is 0 Å². The molecule has 2 rings (SSSR count). The summed E-state index contributed by atoms with van der Waals surface area (Å²) in [5.41, 5.74) is 0. The van der Waals surface area contributed by atoms with E-state index in [1.54, 1.807) is 8.61 Å². The Hall–Kier alpha value is 0.510. The molecule has 2 heterocycles. The number of alkyl halides is 1. The largest absolute Gasteiger partial charge is 0.282 e. The maximum Gasteiger partial charge on any atom is 0.282 e. The number of halogens is 1. The van der Waals surface area contributed by atoms with Gasteiger partial charge in [-0.15, -0.1) is 11.6 Å². The molecule has 112 valence electrons. The Bertz CT molecular complexity index is 414.